The molecule has 2 amide bonds. The maximum Gasteiger partial charge on any atom is 0.280 e. The van der Waals surface area contributed by atoms with Crippen molar-refractivity contribution in [2.45, 2.75) is 38.6 Å². The Morgan fingerprint density at radius 1 is 1.45 bits per heavy atom. The number of aromatic nitrogens is 1. The molecule has 1 atom stereocenters. The van der Waals surface area contributed by atoms with Crippen molar-refractivity contribution in [3.05, 3.63) is 16.1 Å². The first-order chi connectivity index (χ1) is 9.65. The van der Waals surface area contributed by atoms with Gasteiger partial charge in [-0.15, -0.1) is 11.3 Å². The molecule has 1 aromatic heterocycles. The summed E-state index contributed by atoms with van der Waals surface area (Å²) >= 11 is 1.25. The lowest BCUT2D eigenvalue weighted by atomic mass is 10.2. The zero-order chi connectivity index (χ0) is 14.1. The second-order valence-electron chi connectivity index (χ2n) is 5.68. The Hall–Kier alpha value is -1.43. The van der Waals surface area contributed by atoms with E-state index in [1.807, 2.05) is 4.90 Å². The van der Waals surface area contributed by atoms with Gasteiger partial charge in [-0.1, -0.05) is 0 Å². The second kappa shape index (κ2) is 5.52. The van der Waals surface area contributed by atoms with Gasteiger partial charge in [-0.25, -0.2) is 4.98 Å². The van der Waals surface area contributed by atoms with E-state index >= 15 is 0 Å². The minimum Gasteiger partial charge on any atom is -0.350 e. The van der Waals surface area contributed by atoms with Gasteiger partial charge in [0, 0.05) is 24.5 Å². The van der Waals surface area contributed by atoms with Crippen molar-refractivity contribution in [2.24, 2.45) is 5.92 Å². The SMILES string of the molecule is C[C@H]1CCCN1C(=O)c1csc(C(=O)NCC2CC2)n1. The number of carbonyl (C=O) groups excluding carboxylic acids is 2. The first-order valence-corrected chi connectivity index (χ1v) is 8.08. The fourth-order valence-corrected chi connectivity index (χ4v) is 3.20. The molecule has 0 aromatic carbocycles. The molecule has 1 aliphatic heterocycles. The number of thiazole rings is 1. The number of likely N-dealkylation sites (tertiary alicyclic amines) is 1. The van der Waals surface area contributed by atoms with Crippen molar-refractivity contribution >= 4 is 23.2 Å². The molecule has 5 nitrogen and oxygen atoms in total. The summed E-state index contributed by atoms with van der Waals surface area (Å²) < 4.78 is 0. The Balaban J connectivity index is 1.63. The highest BCUT2D eigenvalue weighted by atomic mass is 32.1. The lowest BCUT2D eigenvalue weighted by Gasteiger charge is -2.19. The van der Waals surface area contributed by atoms with Crippen molar-refractivity contribution in [1.82, 2.24) is 15.2 Å². The molecular formula is C14H19N3O2S. The molecule has 1 aliphatic carbocycles. The average Bonchev–Trinajstić information content (AvgIpc) is 2.96. The van der Waals surface area contributed by atoms with Crippen LogP contribution in [0.1, 0.15) is 52.9 Å². The first kappa shape index (κ1) is 13.5. The number of amides is 2. The van der Waals surface area contributed by atoms with Crippen molar-refractivity contribution < 1.29 is 9.59 Å². The van der Waals surface area contributed by atoms with Crippen LogP contribution in [-0.4, -0.2) is 40.8 Å². The van der Waals surface area contributed by atoms with Crippen molar-refractivity contribution in [1.29, 1.82) is 0 Å². The van der Waals surface area contributed by atoms with E-state index in [0.29, 0.717) is 16.6 Å². The minimum atomic E-state index is -0.157. The number of hydrogen-bond donors (Lipinski definition) is 1. The fraction of sp³-hybridized carbons (Fsp3) is 0.643. The molecule has 6 heteroatoms. The third kappa shape index (κ3) is 2.85. The quantitative estimate of drug-likeness (QED) is 0.922. The van der Waals surface area contributed by atoms with Crippen LogP contribution in [0, 0.1) is 5.92 Å². The minimum absolute atomic E-state index is 0.0486. The Bertz CT molecular complexity index is 524. The number of hydrogen-bond acceptors (Lipinski definition) is 4. The molecule has 3 rings (SSSR count). The zero-order valence-corrected chi connectivity index (χ0v) is 12.4. The molecule has 108 valence electrons. The van der Waals surface area contributed by atoms with Gasteiger partial charge >= 0.3 is 0 Å². The van der Waals surface area contributed by atoms with E-state index in [2.05, 4.69) is 17.2 Å². The van der Waals surface area contributed by atoms with Crippen LogP contribution < -0.4 is 5.32 Å². The molecule has 2 fully saturated rings. The summed E-state index contributed by atoms with van der Waals surface area (Å²) in [6.45, 7) is 3.58. The highest BCUT2D eigenvalue weighted by molar-refractivity contribution is 7.11. The van der Waals surface area contributed by atoms with E-state index in [-0.39, 0.29) is 17.9 Å². The first-order valence-electron chi connectivity index (χ1n) is 7.20. The molecule has 0 unspecified atom stereocenters. The predicted molar refractivity (Wildman–Crippen MR) is 76.9 cm³/mol. The van der Waals surface area contributed by atoms with Crippen LogP contribution in [0.4, 0.5) is 0 Å². The molecule has 0 bridgehead atoms. The molecule has 1 aromatic rings. The summed E-state index contributed by atoms with van der Waals surface area (Å²) in [4.78, 5) is 30.3. The van der Waals surface area contributed by atoms with Gasteiger partial charge in [0.2, 0.25) is 0 Å². The van der Waals surface area contributed by atoms with Crippen LogP contribution in [0.3, 0.4) is 0 Å². The lowest BCUT2D eigenvalue weighted by molar-refractivity contribution is 0.0742. The van der Waals surface area contributed by atoms with Gasteiger partial charge in [-0.3, -0.25) is 9.59 Å². The van der Waals surface area contributed by atoms with Crippen molar-refractivity contribution in [2.75, 3.05) is 13.1 Å². The van der Waals surface area contributed by atoms with Crippen LogP contribution in [0.2, 0.25) is 0 Å². The molecule has 1 saturated heterocycles. The summed E-state index contributed by atoms with van der Waals surface area (Å²) in [6.07, 6.45) is 4.50. The van der Waals surface area contributed by atoms with Crippen molar-refractivity contribution in [3.63, 3.8) is 0 Å². The van der Waals surface area contributed by atoms with Gasteiger partial charge < -0.3 is 10.2 Å². The van der Waals surface area contributed by atoms with E-state index < -0.39 is 0 Å². The number of rotatable bonds is 4. The number of nitrogens with zero attached hydrogens (tertiary/aromatic N) is 2. The Kier molecular flexibility index (Phi) is 3.74. The molecule has 2 heterocycles. The summed E-state index contributed by atoms with van der Waals surface area (Å²) in [7, 11) is 0. The molecule has 0 spiro atoms. The monoisotopic (exact) mass is 293 g/mol. The summed E-state index contributed by atoms with van der Waals surface area (Å²) in [5.74, 6) is 0.438. The third-order valence-electron chi connectivity index (χ3n) is 3.98. The standard InChI is InChI=1S/C14H19N3O2S/c1-9-3-2-6-17(9)14(19)11-8-20-13(16-11)12(18)15-7-10-4-5-10/h8-10H,2-7H2,1H3,(H,15,18)/t9-/m0/s1. The number of nitrogens with one attached hydrogen (secondary N) is 1. The average molecular weight is 293 g/mol. The van der Waals surface area contributed by atoms with Crippen LogP contribution in [0.25, 0.3) is 0 Å². The molecule has 0 radical (unpaired) electrons. The van der Waals surface area contributed by atoms with Crippen LogP contribution in [-0.2, 0) is 0 Å². The Labute approximate surface area is 122 Å². The topological polar surface area (TPSA) is 62.3 Å². The maximum absolute atomic E-state index is 12.3. The van der Waals surface area contributed by atoms with Gasteiger partial charge in [-0.2, -0.15) is 0 Å². The van der Waals surface area contributed by atoms with E-state index in [1.165, 1.54) is 24.2 Å². The van der Waals surface area contributed by atoms with Gasteiger partial charge in [0.15, 0.2) is 5.01 Å². The molecule has 2 aliphatic rings. The normalized spacial score (nSPS) is 22.1. The summed E-state index contributed by atoms with van der Waals surface area (Å²) in [5, 5.41) is 4.96. The summed E-state index contributed by atoms with van der Waals surface area (Å²) in [6, 6.07) is 0.274. The molecule has 20 heavy (non-hydrogen) atoms. The van der Waals surface area contributed by atoms with E-state index in [1.54, 1.807) is 5.38 Å². The molecule has 1 saturated carbocycles. The zero-order valence-electron chi connectivity index (χ0n) is 11.6. The largest absolute Gasteiger partial charge is 0.350 e. The van der Waals surface area contributed by atoms with Gasteiger partial charge in [0.05, 0.1) is 0 Å². The maximum atomic E-state index is 12.3. The Morgan fingerprint density at radius 2 is 2.25 bits per heavy atom. The highest BCUT2D eigenvalue weighted by Crippen LogP contribution is 2.27. The van der Waals surface area contributed by atoms with Crippen LogP contribution in [0.15, 0.2) is 5.38 Å². The van der Waals surface area contributed by atoms with Crippen LogP contribution in [0.5, 0.6) is 0 Å². The van der Waals surface area contributed by atoms with Gasteiger partial charge in [0.25, 0.3) is 11.8 Å². The molecular weight excluding hydrogens is 274 g/mol. The number of carbonyl (C=O) groups is 2. The van der Waals surface area contributed by atoms with E-state index in [9.17, 15) is 9.59 Å². The van der Waals surface area contributed by atoms with Gasteiger partial charge in [-0.05, 0) is 38.5 Å². The third-order valence-corrected chi connectivity index (χ3v) is 4.82. The van der Waals surface area contributed by atoms with Gasteiger partial charge in [0.1, 0.15) is 5.69 Å². The van der Waals surface area contributed by atoms with E-state index in [4.69, 9.17) is 0 Å². The summed E-state index contributed by atoms with van der Waals surface area (Å²) in [5.41, 5.74) is 0.403. The predicted octanol–water partition coefficient (Wildman–Crippen LogP) is 1.91. The smallest absolute Gasteiger partial charge is 0.280 e. The second-order valence-corrected chi connectivity index (χ2v) is 6.54. The van der Waals surface area contributed by atoms with E-state index in [0.717, 1.165) is 25.9 Å². The fourth-order valence-electron chi connectivity index (χ4n) is 2.49. The van der Waals surface area contributed by atoms with Crippen LogP contribution >= 0.6 is 11.3 Å². The Morgan fingerprint density at radius 3 is 2.90 bits per heavy atom. The lowest BCUT2D eigenvalue weighted by Crippen LogP contribution is -2.34. The highest BCUT2D eigenvalue weighted by Gasteiger charge is 2.28. The van der Waals surface area contributed by atoms with Crippen molar-refractivity contribution in [3.8, 4) is 0 Å². The molecule has 1 N–H and O–H groups in total.